The molecule has 0 aliphatic rings. The molecule has 1 unspecified atom stereocenters. The maximum Gasteiger partial charge on any atom is 0.223 e. The second-order valence-electron chi connectivity index (χ2n) is 2.82. The molecular weight excluding hydrogens is 158 g/mol. The van der Waals surface area contributed by atoms with Crippen LogP contribution >= 0.6 is 0 Å². The van der Waals surface area contributed by atoms with Crippen molar-refractivity contribution in [1.29, 1.82) is 0 Å². The van der Waals surface area contributed by atoms with E-state index in [1.807, 2.05) is 0 Å². The Labute approximate surface area is 72.0 Å². The third kappa shape index (κ3) is 4.85. The fraction of sp³-hybridized carbons (Fsp3) is 0.750. The number of carbonyl (C=O) groups excluding carboxylic acids is 2. The van der Waals surface area contributed by atoms with Gasteiger partial charge in [0, 0.05) is 18.9 Å². The lowest BCUT2D eigenvalue weighted by Crippen LogP contribution is -2.32. The quantitative estimate of drug-likeness (QED) is 0.600. The van der Waals surface area contributed by atoms with Crippen molar-refractivity contribution in [1.82, 2.24) is 5.32 Å². The van der Waals surface area contributed by atoms with Gasteiger partial charge in [-0.3, -0.25) is 4.79 Å². The minimum atomic E-state index is -0.297. The van der Waals surface area contributed by atoms with Crippen LogP contribution < -0.4 is 5.32 Å². The van der Waals surface area contributed by atoms with Crippen molar-refractivity contribution < 1.29 is 14.7 Å². The molecule has 12 heavy (non-hydrogen) atoms. The minimum absolute atomic E-state index is 0.00153. The summed E-state index contributed by atoms with van der Waals surface area (Å²) in [5, 5.41) is 10.9. The Bertz CT molecular complexity index is 168. The topological polar surface area (TPSA) is 66.4 Å². The number of nitrogens with one attached hydrogen (secondary N) is 1. The number of ketones is 1. The summed E-state index contributed by atoms with van der Waals surface area (Å²) in [5.74, 6) is -0.477. The van der Waals surface area contributed by atoms with Gasteiger partial charge in [0.2, 0.25) is 5.91 Å². The first-order chi connectivity index (χ1) is 5.57. The maximum absolute atomic E-state index is 11.1. The average Bonchev–Trinajstić information content (AvgIpc) is 1.98. The van der Waals surface area contributed by atoms with Gasteiger partial charge in [-0.25, -0.2) is 0 Å². The first-order valence-electron chi connectivity index (χ1n) is 3.96. The van der Waals surface area contributed by atoms with Gasteiger partial charge in [-0.15, -0.1) is 0 Å². The second kappa shape index (κ2) is 5.71. The Balaban J connectivity index is 3.69. The van der Waals surface area contributed by atoms with Crippen LogP contribution in [0, 0.1) is 5.92 Å². The van der Waals surface area contributed by atoms with Crippen LogP contribution in [0.15, 0.2) is 0 Å². The van der Waals surface area contributed by atoms with Crippen molar-refractivity contribution in [3.8, 4) is 0 Å². The number of aliphatic hydroxyl groups excluding tert-OH is 1. The Morgan fingerprint density at radius 1 is 1.50 bits per heavy atom. The maximum atomic E-state index is 11.1. The number of hydrogen-bond acceptors (Lipinski definition) is 3. The zero-order chi connectivity index (χ0) is 9.56. The molecule has 1 amide bonds. The number of Topliss-reactive ketones (excluding diaryl/α,β-unsaturated/α-hetero) is 1. The lowest BCUT2D eigenvalue weighted by molar-refractivity contribution is -0.128. The van der Waals surface area contributed by atoms with Crippen LogP contribution in [0.1, 0.15) is 20.3 Å². The molecule has 0 heterocycles. The van der Waals surface area contributed by atoms with Gasteiger partial charge in [0.15, 0.2) is 0 Å². The normalized spacial score (nSPS) is 12.2. The van der Waals surface area contributed by atoms with Crippen LogP contribution in [0.5, 0.6) is 0 Å². The number of hydrogen-bond donors (Lipinski definition) is 2. The van der Waals surface area contributed by atoms with Gasteiger partial charge < -0.3 is 15.2 Å². The largest absolute Gasteiger partial charge is 0.395 e. The molecular formula is C8H15NO3. The summed E-state index contributed by atoms with van der Waals surface area (Å²) in [5.41, 5.74) is 0. The van der Waals surface area contributed by atoms with Gasteiger partial charge in [0.05, 0.1) is 6.61 Å². The highest BCUT2D eigenvalue weighted by Gasteiger charge is 2.13. The lowest BCUT2D eigenvalue weighted by Gasteiger charge is -2.08. The van der Waals surface area contributed by atoms with Crippen molar-refractivity contribution in [2.24, 2.45) is 5.92 Å². The monoisotopic (exact) mass is 173 g/mol. The van der Waals surface area contributed by atoms with Crippen LogP contribution in [0.3, 0.4) is 0 Å². The van der Waals surface area contributed by atoms with E-state index in [4.69, 9.17) is 5.11 Å². The van der Waals surface area contributed by atoms with Gasteiger partial charge >= 0.3 is 0 Å². The molecule has 70 valence electrons. The van der Waals surface area contributed by atoms with Gasteiger partial charge in [0.1, 0.15) is 5.78 Å². The molecule has 0 saturated heterocycles. The van der Waals surface area contributed by atoms with E-state index in [0.29, 0.717) is 0 Å². The zero-order valence-corrected chi connectivity index (χ0v) is 7.46. The van der Waals surface area contributed by atoms with E-state index in [9.17, 15) is 9.59 Å². The highest BCUT2D eigenvalue weighted by Crippen LogP contribution is 2.01. The summed E-state index contributed by atoms with van der Waals surface area (Å²) in [4.78, 5) is 21.7. The summed E-state index contributed by atoms with van der Waals surface area (Å²) < 4.78 is 0. The molecule has 1 atom stereocenters. The summed E-state index contributed by atoms with van der Waals surface area (Å²) in [6.07, 6.45) is 0.261. The van der Waals surface area contributed by atoms with Crippen LogP contribution in [-0.2, 0) is 9.59 Å². The highest BCUT2D eigenvalue weighted by molar-refractivity contribution is 5.85. The van der Waals surface area contributed by atoms with Crippen molar-refractivity contribution in [2.75, 3.05) is 13.2 Å². The van der Waals surface area contributed by atoms with E-state index in [1.165, 1.54) is 6.92 Å². The first kappa shape index (κ1) is 11.1. The number of amides is 1. The van der Waals surface area contributed by atoms with Crippen molar-refractivity contribution in [3.05, 3.63) is 0 Å². The minimum Gasteiger partial charge on any atom is -0.395 e. The Kier molecular flexibility index (Phi) is 5.28. The standard InChI is InChI=1S/C8H15NO3/c1-6(5-7(2)11)8(12)9-3-4-10/h6,10H,3-5H2,1-2H3,(H,9,12). The molecule has 0 aromatic heterocycles. The number of carbonyl (C=O) groups is 2. The lowest BCUT2D eigenvalue weighted by atomic mass is 10.1. The number of aliphatic hydroxyl groups is 1. The second-order valence-corrected chi connectivity index (χ2v) is 2.82. The smallest absolute Gasteiger partial charge is 0.223 e. The van der Waals surface area contributed by atoms with Crippen molar-refractivity contribution in [2.45, 2.75) is 20.3 Å². The highest BCUT2D eigenvalue weighted by atomic mass is 16.3. The summed E-state index contributed by atoms with van der Waals surface area (Å²) in [7, 11) is 0. The molecule has 0 radical (unpaired) electrons. The van der Waals surface area contributed by atoms with Crippen LogP contribution in [0.4, 0.5) is 0 Å². The Morgan fingerprint density at radius 2 is 2.08 bits per heavy atom. The van der Waals surface area contributed by atoms with E-state index < -0.39 is 0 Å². The van der Waals surface area contributed by atoms with E-state index in [-0.39, 0.29) is 37.2 Å². The SMILES string of the molecule is CC(=O)CC(C)C(=O)NCCO. The van der Waals surface area contributed by atoms with Crippen molar-refractivity contribution >= 4 is 11.7 Å². The van der Waals surface area contributed by atoms with Gasteiger partial charge in [-0.2, -0.15) is 0 Å². The molecule has 0 bridgehead atoms. The molecule has 4 nitrogen and oxygen atoms in total. The van der Waals surface area contributed by atoms with E-state index >= 15 is 0 Å². The molecule has 0 aliphatic heterocycles. The predicted molar refractivity (Wildman–Crippen MR) is 44.6 cm³/mol. The molecule has 0 rings (SSSR count). The van der Waals surface area contributed by atoms with Gasteiger partial charge in [0.25, 0.3) is 0 Å². The average molecular weight is 173 g/mol. The molecule has 0 fully saturated rings. The fourth-order valence-electron chi connectivity index (χ4n) is 0.877. The molecule has 0 aromatic carbocycles. The molecule has 0 spiro atoms. The van der Waals surface area contributed by atoms with E-state index in [0.717, 1.165) is 0 Å². The summed E-state index contributed by atoms with van der Waals surface area (Å²) in [6, 6.07) is 0. The van der Waals surface area contributed by atoms with Crippen LogP contribution in [-0.4, -0.2) is 29.9 Å². The molecule has 4 heteroatoms. The molecule has 0 aliphatic carbocycles. The van der Waals surface area contributed by atoms with Gasteiger partial charge in [-0.05, 0) is 6.92 Å². The first-order valence-corrected chi connectivity index (χ1v) is 3.96. The fourth-order valence-corrected chi connectivity index (χ4v) is 0.877. The molecule has 2 N–H and O–H groups in total. The van der Waals surface area contributed by atoms with Crippen LogP contribution in [0.25, 0.3) is 0 Å². The Morgan fingerprint density at radius 3 is 2.50 bits per heavy atom. The van der Waals surface area contributed by atoms with Crippen molar-refractivity contribution in [3.63, 3.8) is 0 Å². The molecule has 0 saturated carbocycles. The summed E-state index contributed by atoms with van der Waals surface area (Å²) >= 11 is 0. The summed E-state index contributed by atoms with van der Waals surface area (Å²) in [6.45, 7) is 3.32. The van der Waals surface area contributed by atoms with Gasteiger partial charge in [-0.1, -0.05) is 6.92 Å². The molecule has 0 aromatic rings. The van der Waals surface area contributed by atoms with E-state index in [1.54, 1.807) is 6.92 Å². The predicted octanol–water partition coefficient (Wildman–Crippen LogP) is -0.290. The third-order valence-electron chi connectivity index (χ3n) is 1.45. The third-order valence-corrected chi connectivity index (χ3v) is 1.45. The van der Waals surface area contributed by atoms with E-state index in [2.05, 4.69) is 5.32 Å². The number of rotatable bonds is 5. The Hall–Kier alpha value is -0.900. The van der Waals surface area contributed by atoms with Crippen LogP contribution in [0.2, 0.25) is 0 Å². The zero-order valence-electron chi connectivity index (χ0n) is 7.46.